The highest BCUT2D eigenvalue weighted by atomic mass is 32.1. The van der Waals surface area contributed by atoms with Crippen LogP contribution >= 0.6 is 75.8 Å². The summed E-state index contributed by atoms with van der Waals surface area (Å²) in [6, 6.07) is -6.04. The number of benzene rings is 2. The van der Waals surface area contributed by atoms with Gasteiger partial charge < -0.3 is 93.9 Å². The van der Waals surface area contributed by atoms with Gasteiger partial charge >= 0.3 is 11.9 Å². The van der Waals surface area contributed by atoms with Crippen molar-refractivity contribution in [2.24, 2.45) is 11.6 Å². The van der Waals surface area contributed by atoms with Crippen molar-refractivity contribution in [3.63, 3.8) is 0 Å². The smallest absolute Gasteiger partial charge is 0.328 e. The summed E-state index contributed by atoms with van der Waals surface area (Å²) in [6.45, 7) is 1.35. The Morgan fingerprint density at radius 3 is 1.48 bits per heavy atom. The summed E-state index contributed by atoms with van der Waals surface area (Å²) < 4.78 is 9.61. The third-order valence-corrected chi connectivity index (χ3v) is 17.9. The molecule has 102 heavy (non-hydrogen) atoms. The predicted molar refractivity (Wildman–Crippen MR) is 388 cm³/mol. The monoisotopic (exact) mass is 1550 g/mol. The Balaban J connectivity index is 1.68. The number of esters is 2. The van der Waals surface area contributed by atoms with Crippen LogP contribution in [0.25, 0.3) is 0 Å². The van der Waals surface area contributed by atoms with E-state index in [2.05, 4.69) is 140 Å². The average molecular weight is 1550 g/mol. The first kappa shape index (κ1) is 88.6. The number of likely N-dealkylation sites (tertiary alicyclic amines) is 1. The molecule has 41 heteroatoms. The number of hydrogen-bond acceptors (Lipinski definition) is 30. The van der Waals surface area contributed by atoms with Gasteiger partial charge in [0.1, 0.15) is 65.9 Å². The molecule has 0 saturated carbocycles. The highest BCUT2D eigenvalue weighted by molar-refractivity contribution is 7.81. The number of Topliss-reactive ketones (excluding diaryl/α,β-unsaturated/α-hetero) is 2. The molecule has 19 N–H and O–H groups in total. The molecule has 1 saturated heterocycles. The maximum Gasteiger partial charge on any atom is 0.328 e. The van der Waals surface area contributed by atoms with Crippen LogP contribution in [0.5, 0.6) is 11.5 Å². The zero-order chi connectivity index (χ0) is 76.5. The first-order chi connectivity index (χ1) is 48.3. The zero-order valence-corrected chi connectivity index (χ0v) is 61.4. The number of nitrogens with one attached hydrogen (secondary N) is 12. The fourth-order valence-electron chi connectivity index (χ4n) is 9.93. The van der Waals surface area contributed by atoms with E-state index in [-0.39, 0.29) is 86.1 Å². The summed E-state index contributed by atoms with van der Waals surface area (Å²) in [7, 11) is 2.28. The molecule has 11 amide bonds. The third-order valence-electron chi connectivity index (χ3n) is 15.7. The predicted octanol–water partition coefficient (Wildman–Crippen LogP) is -6.90. The summed E-state index contributed by atoms with van der Waals surface area (Å²) in [5.41, 5.74) is 8.83. The minimum absolute atomic E-state index is 0.0159. The molecule has 2 aromatic rings. The first-order valence-corrected chi connectivity index (χ1v) is 35.5. The van der Waals surface area contributed by atoms with Crippen molar-refractivity contribution >= 4 is 164 Å². The molecule has 0 bridgehead atoms. The molecule has 0 radical (unpaired) electrons. The van der Waals surface area contributed by atoms with Gasteiger partial charge in [-0.2, -0.15) is 75.8 Å². The molecule has 14 atom stereocenters. The van der Waals surface area contributed by atoms with E-state index >= 15 is 0 Å². The Bertz CT molecular complexity index is 3240. The van der Waals surface area contributed by atoms with E-state index in [1.165, 1.54) is 62.6 Å². The molecular formula is C61H91N15O20S6. The second kappa shape index (κ2) is 45.5. The molecule has 35 nitrogen and oxygen atoms in total. The Labute approximate surface area is 620 Å². The molecule has 0 spiro atoms. The normalized spacial score (nSPS) is 16.4. The number of nitrogens with zero attached hydrogens (tertiary/aromatic N) is 1. The molecule has 566 valence electrons. The Morgan fingerprint density at radius 2 is 1.01 bits per heavy atom. The fourth-order valence-corrected chi connectivity index (χ4v) is 11.5. The summed E-state index contributed by atoms with van der Waals surface area (Å²) in [5, 5.41) is 57.8. The van der Waals surface area contributed by atoms with Gasteiger partial charge in [-0.1, -0.05) is 24.3 Å². The fraction of sp³-hybridized carbons (Fsp3) is 0.557. The van der Waals surface area contributed by atoms with Gasteiger partial charge in [0.15, 0.2) is 0 Å². The maximum atomic E-state index is 14.3. The third kappa shape index (κ3) is 28.9. The number of phenolic OH excluding ortho intramolecular Hbond substituents is 2. The average Bonchev–Trinajstić information content (AvgIpc) is 1.59. The van der Waals surface area contributed by atoms with Gasteiger partial charge in [-0.15, -0.1) is 0 Å². The zero-order valence-electron chi connectivity index (χ0n) is 56.1. The molecule has 1 aliphatic heterocycles. The van der Waals surface area contributed by atoms with E-state index in [1.807, 2.05) is 0 Å². The number of ketones is 2. The molecule has 4 unspecified atom stereocenters. The lowest BCUT2D eigenvalue weighted by Gasteiger charge is -2.30. The van der Waals surface area contributed by atoms with Gasteiger partial charge in [0.2, 0.25) is 76.5 Å². The molecule has 1 heterocycles. The minimum atomic E-state index is -1.74. The number of thiol groups is 6. The van der Waals surface area contributed by atoms with Crippen LogP contribution in [0, 0.1) is 0 Å². The number of nitrogens with two attached hydrogens (primary N) is 2. The van der Waals surface area contributed by atoms with Crippen molar-refractivity contribution < 1.29 is 96.7 Å². The molecule has 3 rings (SSSR count). The topological polar surface area (TPSA) is 535 Å². The number of phenols is 2. The number of hydrogen-bond donors (Lipinski definition) is 23. The standard InChI is InChI=1S/C61H91N15O20S6/c1-29(52(85)71-44(28-102)57(90)74-49(30(2)77)59(92)65-22-47(81)68-41(25-99)54(87)70-38(61(94)96-4)19-32-9-14-35(79)15-10-32)66-58(91)45-6-5-17-76(45)60(93)37(20-46(62)80)69-55(88)42(26-100)73-56(89)43(27-101)72-53(86)36(18-31-7-12-34(78)13-8-31)64-21-33(11-16-48(82)95-3)67-39(23-97)50(83)51(84)40(24-98)75-63/h7-10,12-15,29-30,33,36-45,49,64,67,75,77-79,97-102H,5-6,11,16-28,63H2,1-4H3,(H2,62,80)(H,65,92)(H,66,91)(H,68,81)(H,69,88)(H,70,87)(H,71,85)(H,72,86)(H,73,89)(H,74,90)/t29?,30-,33?,36+,37+,38?,39+,40+,41?,42+,43+,44+,45+,49+/m1/s1. The van der Waals surface area contributed by atoms with Crippen LogP contribution < -0.4 is 75.5 Å². The Kier molecular flexibility index (Phi) is 39.5. The number of methoxy groups -OCH3 is 2. The highest BCUT2D eigenvalue weighted by Crippen LogP contribution is 2.21. The van der Waals surface area contributed by atoms with Gasteiger partial charge in [-0.3, -0.25) is 73.0 Å². The van der Waals surface area contributed by atoms with Crippen LogP contribution in [-0.4, -0.2) is 262 Å². The SMILES string of the molecule is COC(=O)CCC(CN[C@@H](Cc1ccc(O)cc1)C(=O)N[C@@H](CS)C(=O)N[C@@H](CS)C(=O)N[C@@H](CC(N)=O)C(=O)N1CCC[C@H]1C(=O)NC(C)C(=O)N[C@@H](CS)C(=O)N[C@H](C(=O)NCC(=O)NC(CS)C(=O)NC(Cc1ccc(O)cc1)C(=O)OC)[C@@H](C)O)N[C@@H](CS)C(=O)C(=O)[C@H](CS)NN. The number of carbonyl (C=O) groups is 15. The number of aliphatic hydroxyl groups excluding tert-OH is 1. The second-order valence-electron chi connectivity index (χ2n) is 23.3. The van der Waals surface area contributed by atoms with Gasteiger partial charge in [-0.05, 0) is 74.9 Å². The minimum Gasteiger partial charge on any atom is -0.508 e. The van der Waals surface area contributed by atoms with Gasteiger partial charge in [0.25, 0.3) is 0 Å². The number of primary amides is 1. The van der Waals surface area contributed by atoms with E-state index in [0.717, 1.165) is 18.9 Å². The summed E-state index contributed by atoms with van der Waals surface area (Å²) >= 11 is 25.1. The summed E-state index contributed by atoms with van der Waals surface area (Å²) in [4.78, 5) is 201. The van der Waals surface area contributed by atoms with E-state index in [0.29, 0.717) is 11.1 Å². The van der Waals surface area contributed by atoms with Crippen LogP contribution in [0.3, 0.4) is 0 Å². The van der Waals surface area contributed by atoms with E-state index in [1.54, 1.807) is 0 Å². The number of ether oxygens (including phenoxy) is 2. The van der Waals surface area contributed by atoms with E-state index in [4.69, 9.17) is 21.1 Å². The quantitative estimate of drug-likeness (QED) is 0.00963. The van der Waals surface area contributed by atoms with Crippen molar-refractivity contribution in [3.05, 3.63) is 59.7 Å². The highest BCUT2D eigenvalue weighted by Gasteiger charge is 2.41. The lowest BCUT2D eigenvalue weighted by molar-refractivity contribution is -0.145. The molecule has 2 aromatic carbocycles. The first-order valence-electron chi connectivity index (χ1n) is 31.7. The maximum absolute atomic E-state index is 14.3. The summed E-state index contributed by atoms with van der Waals surface area (Å²) in [5.74, 6) is -10.2. The van der Waals surface area contributed by atoms with Crippen molar-refractivity contribution in [1.82, 2.24) is 68.8 Å². The van der Waals surface area contributed by atoms with Crippen LogP contribution in [0.4, 0.5) is 0 Å². The van der Waals surface area contributed by atoms with E-state index in [9.17, 15) is 87.2 Å². The van der Waals surface area contributed by atoms with Crippen LogP contribution in [0.1, 0.15) is 57.1 Å². The van der Waals surface area contributed by atoms with Crippen LogP contribution in [0.15, 0.2) is 48.5 Å². The van der Waals surface area contributed by atoms with E-state index < -0.39 is 198 Å². The van der Waals surface area contributed by atoms with Gasteiger partial charge in [-0.25, -0.2) is 10.2 Å². The number of hydrazine groups is 1. The largest absolute Gasteiger partial charge is 0.508 e. The molecule has 1 aliphatic rings. The van der Waals surface area contributed by atoms with Crippen molar-refractivity contribution in [3.8, 4) is 11.5 Å². The Morgan fingerprint density at radius 1 is 0.559 bits per heavy atom. The molecule has 1 fully saturated rings. The van der Waals surface area contributed by atoms with Crippen LogP contribution in [0.2, 0.25) is 0 Å². The number of carbonyl (C=O) groups excluding carboxylic acids is 15. The lowest BCUT2D eigenvalue weighted by Crippen LogP contribution is -2.61. The Hall–Kier alpha value is -7.61. The van der Waals surface area contributed by atoms with Crippen molar-refractivity contribution in [2.45, 2.75) is 143 Å². The van der Waals surface area contributed by atoms with Crippen LogP contribution in [-0.2, 0) is 94.2 Å². The van der Waals surface area contributed by atoms with Gasteiger partial charge in [0.05, 0.1) is 51.4 Å². The molecule has 0 aliphatic carbocycles. The number of aromatic hydroxyl groups is 2. The number of aliphatic hydroxyl groups is 1. The van der Waals surface area contributed by atoms with Crippen molar-refractivity contribution in [2.75, 3.05) is 68.4 Å². The molecule has 0 aromatic heterocycles. The lowest BCUT2D eigenvalue weighted by atomic mass is 10.0. The van der Waals surface area contributed by atoms with Gasteiger partial charge in [0, 0.05) is 66.5 Å². The molecular weight excluding hydrogens is 1460 g/mol. The van der Waals surface area contributed by atoms with Crippen molar-refractivity contribution in [1.29, 1.82) is 0 Å². The summed E-state index contributed by atoms with van der Waals surface area (Å²) in [6.07, 6.45) is -2.44. The second-order valence-corrected chi connectivity index (χ2v) is 25.5. The number of rotatable bonds is 45. The number of amides is 11.